The highest BCUT2D eigenvalue weighted by Gasteiger charge is 2.18. The number of likely N-dealkylation sites (N-methyl/N-ethyl adjacent to an activating group) is 1. The molecule has 0 bridgehead atoms. The van der Waals surface area contributed by atoms with Crippen LogP contribution in [0.2, 0.25) is 0 Å². The number of thiophene rings is 1. The Balaban J connectivity index is 2.21. The average Bonchev–Trinajstić information content (AvgIpc) is 2.87. The highest BCUT2D eigenvalue weighted by molar-refractivity contribution is 7.09. The quantitative estimate of drug-likeness (QED) is 0.904. The molecule has 19 heavy (non-hydrogen) atoms. The molecule has 1 aromatic heterocycles. The van der Waals surface area contributed by atoms with Crippen molar-refractivity contribution in [2.24, 2.45) is 5.73 Å². The minimum atomic E-state index is 0.280. The lowest BCUT2D eigenvalue weighted by Gasteiger charge is -2.28. The molecule has 0 fully saturated rings. The minimum Gasteiger partial charge on any atom is -0.329 e. The van der Waals surface area contributed by atoms with Crippen LogP contribution in [0.3, 0.4) is 0 Å². The van der Waals surface area contributed by atoms with Crippen molar-refractivity contribution >= 4 is 11.3 Å². The summed E-state index contributed by atoms with van der Waals surface area (Å²) >= 11 is 1.80. The summed E-state index contributed by atoms with van der Waals surface area (Å²) in [5.41, 5.74) is 9.98. The molecular weight excluding hydrogens is 252 g/mol. The fourth-order valence-electron chi connectivity index (χ4n) is 2.42. The van der Waals surface area contributed by atoms with Crippen LogP contribution in [0.15, 0.2) is 35.7 Å². The summed E-state index contributed by atoms with van der Waals surface area (Å²) in [5, 5.41) is 2.12. The van der Waals surface area contributed by atoms with E-state index in [2.05, 4.69) is 61.5 Å². The first-order valence-electron chi connectivity index (χ1n) is 6.61. The second-order valence-electron chi connectivity index (χ2n) is 5.11. The average molecular weight is 274 g/mol. The monoisotopic (exact) mass is 274 g/mol. The summed E-state index contributed by atoms with van der Waals surface area (Å²) in [4.78, 5) is 3.72. The molecule has 1 aromatic carbocycles. The van der Waals surface area contributed by atoms with E-state index in [0.29, 0.717) is 6.54 Å². The Morgan fingerprint density at radius 2 is 2.05 bits per heavy atom. The standard InChI is InChI=1S/C16H22N2S/c1-12-6-7-13(2)15(9-12)16(10-17)18(3)11-14-5-4-8-19-14/h4-9,16H,10-11,17H2,1-3H3. The Morgan fingerprint density at radius 3 is 2.68 bits per heavy atom. The molecule has 102 valence electrons. The molecule has 1 atom stereocenters. The molecule has 2 aromatic rings. The van der Waals surface area contributed by atoms with Crippen LogP contribution < -0.4 is 5.73 Å². The van der Waals surface area contributed by atoms with Crippen molar-refractivity contribution in [3.05, 3.63) is 57.3 Å². The van der Waals surface area contributed by atoms with Crippen LogP contribution in [0.25, 0.3) is 0 Å². The van der Waals surface area contributed by atoms with E-state index >= 15 is 0 Å². The van der Waals surface area contributed by atoms with E-state index in [1.165, 1.54) is 21.6 Å². The maximum absolute atomic E-state index is 6.02. The smallest absolute Gasteiger partial charge is 0.0474 e. The first-order valence-corrected chi connectivity index (χ1v) is 7.49. The van der Waals surface area contributed by atoms with Gasteiger partial charge in [-0.1, -0.05) is 29.8 Å². The molecule has 0 saturated heterocycles. The molecule has 2 N–H and O–H groups in total. The molecule has 0 radical (unpaired) electrons. The molecule has 1 unspecified atom stereocenters. The van der Waals surface area contributed by atoms with E-state index in [0.717, 1.165) is 6.54 Å². The van der Waals surface area contributed by atoms with Crippen LogP contribution in [0.5, 0.6) is 0 Å². The van der Waals surface area contributed by atoms with Gasteiger partial charge in [-0.05, 0) is 43.5 Å². The summed E-state index contributed by atoms with van der Waals surface area (Å²) in [6, 6.07) is 11.2. The summed E-state index contributed by atoms with van der Waals surface area (Å²) < 4.78 is 0. The van der Waals surface area contributed by atoms with Gasteiger partial charge in [0.15, 0.2) is 0 Å². The van der Waals surface area contributed by atoms with Crippen LogP contribution in [0.4, 0.5) is 0 Å². The molecule has 1 heterocycles. The Morgan fingerprint density at radius 1 is 1.26 bits per heavy atom. The van der Waals surface area contributed by atoms with Crippen molar-refractivity contribution in [3.63, 3.8) is 0 Å². The largest absolute Gasteiger partial charge is 0.329 e. The third-order valence-electron chi connectivity index (χ3n) is 3.53. The SMILES string of the molecule is Cc1ccc(C)c(C(CN)N(C)Cc2cccs2)c1. The summed E-state index contributed by atoms with van der Waals surface area (Å²) in [5.74, 6) is 0. The van der Waals surface area contributed by atoms with E-state index in [-0.39, 0.29) is 6.04 Å². The number of hydrogen-bond donors (Lipinski definition) is 1. The number of rotatable bonds is 5. The van der Waals surface area contributed by atoms with Gasteiger partial charge in [-0.2, -0.15) is 0 Å². The van der Waals surface area contributed by atoms with Crippen LogP contribution >= 0.6 is 11.3 Å². The number of nitrogens with zero attached hydrogens (tertiary/aromatic N) is 1. The fraction of sp³-hybridized carbons (Fsp3) is 0.375. The Kier molecular flexibility index (Phi) is 4.75. The molecule has 0 aliphatic heterocycles. The molecule has 0 aliphatic carbocycles. The lowest BCUT2D eigenvalue weighted by molar-refractivity contribution is 0.243. The normalized spacial score (nSPS) is 12.9. The van der Waals surface area contributed by atoms with E-state index in [1.54, 1.807) is 11.3 Å². The summed E-state index contributed by atoms with van der Waals surface area (Å²) in [6.07, 6.45) is 0. The lowest BCUT2D eigenvalue weighted by atomic mass is 9.98. The highest BCUT2D eigenvalue weighted by Crippen LogP contribution is 2.25. The Hall–Kier alpha value is -1.16. The van der Waals surface area contributed by atoms with E-state index < -0.39 is 0 Å². The topological polar surface area (TPSA) is 29.3 Å². The van der Waals surface area contributed by atoms with E-state index in [9.17, 15) is 0 Å². The van der Waals surface area contributed by atoms with Gasteiger partial charge in [-0.3, -0.25) is 4.90 Å². The Bertz CT molecular complexity index is 520. The number of nitrogens with two attached hydrogens (primary N) is 1. The fourth-order valence-corrected chi connectivity index (χ4v) is 3.19. The van der Waals surface area contributed by atoms with Gasteiger partial charge in [0.25, 0.3) is 0 Å². The third kappa shape index (κ3) is 3.44. The lowest BCUT2D eigenvalue weighted by Crippen LogP contribution is -2.30. The third-order valence-corrected chi connectivity index (χ3v) is 4.40. The first-order chi connectivity index (χ1) is 9.11. The molecule has 0 saturated carbocycles. The maximum Gasteiger partial charge on any atom is 0.0474 e. The van der Waals surface area contributed by atoms with Crippen LogP contribution in [-0.4, -0.2) is 18.5 Å². The molecular formula is C16H22N2S. The summed E-state index contributed by atoms with van der Waals surface area (Å²) in [6.45, 7) is 5.89. The predicted molar refractivity (Wildman–Crippen MR) is 83.5 cm³/mol. The van der Waals surface area contributed by atoms with Gasteiger partial charge in [0.1, 0.15) is 0 Å². The molecule has 0 spiro atoms. The zero-order chi connectivity index (χ0) is 13.8. The number of hydrogen-bond acceptors (Lipinski definition) is 3. The van der Waals surface area contributed by atoms with Gasteiger partial charge in [-0.25, -0.2) is 0 Å². The van der Waals surface area contributed by atoms with Crippen molar-refractivity contribution < 1.29 is 0 Å². The zero-order valence-corrected chi connectivity index (χ0v) is 12.7. The van der Waals surface area contributed by atoms with Crippen molar-refractivity contribution in [3.8, 4) is 0 Å². The van der Waals surface area contributed by atoms with Crippen molar-refractivity contribution in [1.29, 1.82) is 0 Å². The molecule has 0 amide bonds. The van der Waals surface area contributed by atoms with Crippen LogP contribution in [0.1, 0.15) is 27.6 Å². The first kappa shape index (κ1) is 14.3. The van der Waals surface area contributed by atoms with E-state index in [4.69, 9.17) is 5.73 Å². The zero-order valence-electron chi connectivity index (χ0n) is 11.9. The minimum absolute atomic E-state index is 0.280. The van der Waals surface area contributed by atoms with Gasteiger partial charge in [0, 0.05) is 24.0 Å². The van der Waals surface area contributed by atoms with E-state index in [1.807, 2.05) is 0 Å². The molecule has 0 aliphatic rings. The van der Waals surface area contributed by atoms with Gasteiger partial charge in [0.2, 0.25) is 0 Å². The highest BCUT2D eigenvalue weighted by atomic mass is 32.1. The number of aryl methyl sites for hydroxylation is 2. The molecule has 2 rings (SSSR count). The second kappa shape index (κ2) is 6.33. The van der Waals surface area contributed by atoms with Gasteiger partial charge in [-0.15, -0.1) is 11.3 Å². The Labute approximate surface area is 119 Å². The maximum atomic E-state index is 6.02. The van der Waals surface area contributed by atoms with Gasteiger partial charge in [0.05, 0.1) is 0 Å². The van der Waals surface area contributed by atoms with Crippen molar-refractivity contribution in [1.82, 2.24) is 4.90 Å². The van der Waals surface area contributed by atoms with Crippen LogP contribution in [0, 0.1) is 13.8 Å². The van der Waals surface area contributed by atoms with Gasteiger partial charge >= 0.3 is 0 Å². The van der Waals surface area contributed by atoms with Crippen LogP contribution in [-0.2, 0) is 6.54 Å². The van der Waals surface area contributed by atoms with Crippen molar-refractivity contribution in [2.75, 3.05) is 13.6 Å². The predicted octanol–water partition coefficient (Wildman–Crippen LogP) is 3.50. The molecule has 2 nitrogen and oxygen atoms in total. The molecule has 3 heteroatoms. The number of benzene rings is 1. The van der Waals surface area contributed by atoms with Gasteiger partial charge < -0.3 is 5.73 Å². The van der Waals surface area contributed by atoms with Crippen molar-refractivity contribution in [2.45, 2.75) is 26.4 Å². The summed E-state index contributed by atoms with van der Waals surface area (Å²) in [7, 11) is 2.15. The second-order valence-corrected chi connectivity index (χ2v) is 6.14.